The van der Waals surface area contributed by atoms with Crippen LogP contribution in [0.15, 0.2) is 39.4 Å². The lowest BCUT2D eigenvalue weighted by Gasteiger charge is -2.26. The Bertz CT molecular complexity index is 1060. The number of aromatic nitrogens is 3. The van der Waals surface area contributed by atoms with Crippen LogP contribution in [0.25, 0.3) is 17.7 Å². The van der Waals surface area contributed by atoms with Gasteiger partial charge < -0.3 is 18.3 Å². The summed E-state index contributed by atoms with van der Waals surface area (Å²) < 4.78 is 13.4. The molecular weight excluding hydrogens is 404 g/mol. The van der Waals surface area contributed by atoms with Gasteiger partial charge in [-0.05, 0) is 62.9 Å². The van der Waals surface area contributed by atoms with Gasteiger partial charge >= 0.3 is 0 Å². The molecule has 0 unspecified atom stereocenters. The standard InChI is InChI=1S/C25H32N4O3/c1-4-14-28(17-23-26-27-25(32-23)22-11-8-15-31-22)24(30)13-12-20-16-18(2)29(19(20)3)21-9-6-5-7-10-21/h8,11-13,15-16,21H,4-7,9-10,14,17H2,1-3H3. The van der Waals surface area contributed by atoms with E-state index in [1.54, 1.807) is 29.4 Å². The van der Waals surface area contributed by atoms with Gasteiger partial charge in [-0.15, -0.1) is 10.2 Å². The van der Waals surface area contributed by atoms with Gasteiger partial charge in [0.05, 0.1) is 12.8 Å². The number of furan rings is 1. The van der Waals surface area contributed by atoms with Crippen molar-refractivity contribution in [3.63, 3.8) is 0 Å². The summed E-state index contributed by atoms with van der Waals surface area (Å²) in [6, 6.07) is 6.30. The van der Waals surface area contributed by atoms with Gasteiger partial charge in [-0.2, -0.15) is 0 Å². The van der Waals surface area contributed by atoms with E-state index in [4.69, 9.17) is 8.83 Å². The lowest BCUT2D eigenvalue weighted by atomic mass is 9.95. The van der Waals surface area contributed by atoms with Gasteiger partial charge in [0.25, 0.3) is 5.89 Å². The number of hydrogen-bond acceptors (Lipinski definition) is 5. The van der Waals surface area contributed by atoms with Crippen LogP contribution in [0.1, 0.15) is 74.3 Å². The molecule has 0 radical (unpaired) electrons. The van der Waals surface area contributed by atoms with Crippen LogP contribution < -0.4 is 0 Å². The predicted octanol–water partition coefficient (Wildman–Crippen LogP) is 5.71. The smallest absolute Gasteiger partial charge is 0.283 e. The quantitative estimate of drug-likeness (QED) is 0.423. The van der Waals surface area contributed by atoms with Crippen LogP contribution in [-0.4, -0.2) is 32.1 Å². The van der Waals surface area contributed by atoms with Crippen molar-refractivity contribution in [2.24, 2.45) is 0 Å². The van der Waals surface area contributed by atoms with E-state index in [1.165, 1.54) is 43.5 Å². The molecule has 0 N–H and O–H groups in total. The molecule has 1 amide bonds. The molecule has 1 fully saturated rings. The summed E-state index contributed by atoms with van der Waals surface area (Å²) >= 11 is 0. The Hall–Kier alpha value is -3.09. The van der Waals surface area contributed by atoms with Crippen LogP contribution in [0.3, 0.4) is 0 Å². The van der Waals surface area contributed by atoms with Crippen molar-refractivity contribution in [2.75, 3.05) is 6.54 Å². The Kier molecular flexibility index (Phi) is 6.93. The second-order valence-corrected chi connectivity index (χ2v) is 8.56. The van der Waals surface area contributed by atoms with Gasteiger partial charge in [0.2, 0.25) is 11.8 Å². The highest BCUT2D eigenvalue weighted by molar-refractivity contribution is 5.91. The molecule has 3 aromatic rings. The summed E-state index contributed by atoms with van der Waals surface area (Å²) in [5.74, 6) is 1.17. The second-order valence-electron chi connectivity index (χ2n) is 8.56. The summed E-state index contributed by atoms with van der Waals surface area (Å²) in [6.45, 7) is 7.25. The van der Waals surface area contributed by atoms with E-state index < -0.39 is 0 Å². The fourth-order valence-corrected chi connectivity index (χ4v) is 4.66. The zero-order chi connectivity index (χ0) is 22.5. The van der Waals surface area contributed by atoms with Gasteiger partial charge in [0.1, 0.15) is 0 Å². The van der Waals surface area contributed by atoms with Gasteiger partial charge in [0.15, 0.2) is 5.76 Å². The first-order valence-corrected chi connectivity index (χ1v) is 11.6. The molecule has 3 heterocycles. The average Bonchev–Trinajstić information content (AvgIpc) is 3.53. The minimum atomic E-state index is -0.0629. The third kappa shape index (κ3) is 4.87. The fraction of sp³-hybridized carbons (Fsp3) is 0.480. The maximum atomic E-state index is 13.0. The van der Waals surface area contributed by atoms with Crippen LogP contribution in [0.5, 0.6) is 0 Å². The molecule has 7 heteroatoms. The minimum absolute atomic E-state index is 0.0629. The molecule has 0 bridgehead atoms. The Labute approximate surface area is 189 Å². The van der Waals surface area contributed by atoms with Crippen LogP contribution >= 0.6 is 0 Å². The lowest BCUT2D eigenvalue weighted by Crippen LogP contribution is -2.29. The number of rotatable bonds is 8. The van der Waals surface area contributed by atoms with Gasteiger partial charge in [0, 0.05) is 30.1 Å². The summed E-state index contributed by atoms with van der Waals surface area (Å²) in [7, 11) is 0. The number of aryl methyl sites for hydroxylation is 1. The average molecular weight is 437 g/mol. The molecule has 4 rings (SSSR count). The predicted molar refractivity (Wildman–Crippen MR) is 123 cm³/mol. The second kappa shape index (κ2) is 10.0. The van der Waals surface area contributed by atoms with E-state index in [0.29, 0.717) is 30.1 Å². The van der Waals surface area contributed by atoms with Crippen molar-refractivity contribution in [2.45, 2.75) is 71.9 Å². The zero-order valence-corrected chi connectivity index (χ0v) is 19.2. The largest absolute Gasteiger partial charge is 0.459 e. The minimum Gasteiger partial charge on any atom is -0.459 e. The highest BCUT2D eigenvalue weighted by Gasteiger charge is 2.20. The number of hydrogen-bond donors (Lipinski definition) is 0. The molecule has 170 valence electrons. The molecule has 0 saturated heterocycles. The Balaban J connectivity index is 1.46. The first-order valence-electron chi connectivity index (χ1n) is 11.6. The summed E-state index contributed by atoms with van der Waals surface area (Å²) in [5, 5.41) is 8.10. The summed E-state index contributed by atoms with van der Waals surface area (Å²) in [5.41, 5.74) is 3.61. The number of nitrogens with zero attached hydrogens (tertiary/aromatic N) is 4. The summed E-state index contributed by atoms with van der Waals surface area (Å²) in [4.78, 5) is 14.7. The van der Waals surface area contributed by atoms with Crippen molar-refractivity contribution in [1.82, 2.24) is 19.7 Å². The first kappa shape index (κ1) is 22.1. The summed E-state index contributed by atoms with van der Waals surface area (Å²) in [6.07, 6.45) is 12.4. The van der Waals surface area contributed by atoms with Gasteiger partial charge in [-0.1, -0.05) is 26.2 Å². The molecule has 1 aliphatic carbocycles. The van der Waals surface area contributed by atoms with E-state index in [2.05, 4.69) is 34.7 Å². The third-order valence-electron chi connectivity index (χ3n) is 6.20. The van der Waals surface area contributed by atoms with Crippen molar-refractivity contribution in [3.8, 4) is 11.7 Å². The molecule has 1 saturated carbocycles. The van der Waals surface area contributed by atoms with Crippen molar-refractivity contribution in [1.29, 1.82) is 0 Å². The van der Waals surface area contributed by atoms with Crippen LogP contribution in [0.2, 0.25) is 0 Å². The molecular formula is C25H32N4O3. The molecule has 3 aromatic heterocycles. The topological polar surface area (TPSA) is 77.3 Å². The van der Waals surface area contributed by atoms with Crippen molar-refractivity contribution in [3.05, 3.63) is 53.4 Å². The van der Waals surface area contributed by atoms with Gasteiger partial charge in [-0.3, -0.25) is 4.79 Å². The van der Waals surface area contributed by atoms with E-state index in [9.17, 15) is 4.79 Å². The van der Waals surface area contributed by atoms with Crippen LogP contribution in [0, 0.1) is 13.8 Å². The van der Waals surface area contributed by atoms with Crippen LogP contribution in [0.4, 0.5) is 0 Å². The van der Waals surface area contributed by atoms with E-state index in [-0.39, 0.29) is 12.5 Å². The Morgan fingerprint density at radius 1 is 1.25 bits per heavy atom. The number of carbonyl (C=O) groups is 1. The highest BCUT2D eigenvalue weighted by atomic mass is 16.4. The fourth-order valence-electron chi connectivity index (χ4n) is 4.66. The SMILES string of the molecule is CCCN(Cc1nnc(-c2ccco2)o1)C(=O)C=Cc1cc(C)n(C2CCCCC2)c1C. The molecule has 0 aliphatic heterocycles. The van der Waals surface area contributed by atoms with E-state index in [1.807, 2.05) is 13.0 Å². The molecule has 1 aliphatic rings. The van der Waals surface area contributed by atoms with E-state index >= 15 is 0 Å². The Morgan fingerprint density at radius 3 is 2.78 bits per heavy atom. The monoisotopic (exact) mass is 436 g/mol. The molecule has 32 heavy (non-hydrogen) atoms. The molecule has 0 atom stereocenters. The van der Waals surface area contributed by atoms with Gasteiger partial charge in [-0.25, -0.2) is 0 Å². The van der Waals surface area contributed by atoms with E-state index in [0.717, 1.165) is 12.0 Å². The first-order chi connectivity index (χ1) is 15.6. The lowest BCUT2D eigenvalue weighted by molar-refractivity contribution is -0.126. The maximum Gasteiger partial charge on any atom is 0.283 e. The third-order valence-corrected chi connectivity index (χ3v) is 6.20. The zero-order valence-electron chi connectivity index (χ0n) is 19.2. The molecule has 7 nitrogen and oxygen atoms in total. The van der Waals surface area contributed by atoms with Crippen molar-refractivity contribution >= 4 is 12.0 Å². The molecule has 0 aromatic carbocycles. The number of amides is 1. The number of carbonyl (C=O) groups excluding carboxylic acids is 1. The van der Waals surface area contributed by atoms with Crippen LogP contribution in [-0.2, 0) is 11.3 Å². The highest BCUT2D eigenvalue weighted by Crippen LogP contribution is 2.32. The molecule has 0 spiro atoms. The Morgan fingerprint density at radius 2 is 2.06 bits per heavy atom. The normalized spacial score (nSPS) is 15.0. The van der Waals surface area contributed by atoms with Crippen molar-refractivity contribution < 1.29 is 13.6 Å². The maximum absolute atomic E-state index is 13.0.